The molecule has 0 saturated carbocycles. The molecule has 0 aliphatic heterocycles. The standard InChI is InChI=1S/C48H32/c1-4-12-33(13-5-1)42-28-43(34-14-6-2-7-15-34)30-44(29-42)38-22-24-45-39(26-38)20-21-40-27-41(23-25-46(40)45)48-32-37-19-11-10-18-36(37)31-47(48)35-16-8-3-9-17-35/h1-32H. The lowest BCUT2D eigenvalue weighted by Crippen LogP contribution is -1.88. The Labute approximate surface area is 281 Å². The quantitative estimate of drug-likeness (QED) is 0.171. The molecule has 0 saturated heterocycles. The highest BCUT2D eigenvalue weighted by atomic mass is 14.2. The summed E-state index contributed by atoms with van der Waals surface area (Å²) >= 11 is 0. The van der Waals surface area contributed by atoms with Crippen LogP contribution < -0.4 is 0 Å². The van der Waals surface area contributed by atoms with Gasteiger partial charge in [-0.25, -0.2) is 0 Å². The molecular weight excluding hydrogens is 577 g/mol. The number of fused-ring (bicyclic) bond motifs is 4. The second-order valence-corrected chi connectivity index (χ2v) is 12.6. The van der Waals surface area contributed by atoms with Gasteiger partial charge in [0.25, 0.3) is 0 Å². The lowest BCUT2D eigenvalue weighted by Gasteiger charge is -2.15. The topological polar surface area (TPSA) is 0 Å². The van der Waals surface area contributed by atoms with Crippen LogP contribution in [0, 0.1) is 0 Å². The van der Waals surface area contributed by atoms with E-state index in [0.29, 0.717) is 0 Å². The molecule has 9 rings (SSSR count). The molecule has 0 amide bonds. The molecular formula is C48H32. The molecule has 9 aromatic carbocycles. The molecule has 0 unspecified atom stereocenters. The minimum atomic E-state index is 1.22. The first-order valence-corrected chi connectivity index (χ1v) is 16.6. The van der Waals surface area contributed by atoms with E-state index in [1.807, 2.05) is 0 Å². The summed E-state index contributed by atoms with van der Waals surface area (Å²) in [5.41, 5.74) is 12.3. The van der Waals surface area contributed by atoms with Crippen LogP contribution in [0.15, 0.2) is 194 Å². The van der Waals surface area contributed by atoms with Crippen molar-refractivity contribution in [2.24, 2.45) is 0 Å². The van der Waals surface area contributed by atoms with Gasteiger partial charge < -0.3 is 0 Å². The Balaban J connectivity index is 1.15. The summed E-state index contributed by atoms with van der Waals surface area (Å²) in [5.74, 6) is 0. The molecule has 0 nitrogen and oxygen atoms in total. The van der Waals surface area contributed by atoms with Gasteiger partial charge in [0.2, 0.25) is 0 Å². The van der Waals surface area contributed by atoms with Crippen molar-refractivity contribution in [3.05, 3.63) is 194 Å². The minimum absolute atomic E-state index is 1.22. The van der Waals surface area contributed by atoms with E-state index in [2.05, 4.69) is 194 Å². The Kier molecular flexibility index (Phi) is 6.91. The number of benzene rings is 9. The number of rotatable bonds is 5. The van der Waals surface area contributed by atoms with Crippen LogP contribution in [0.2, 0.25) is 0 Å². The zero-order valence-corrected chi connectivity index (χ0v) is 26.5. The molecule has 224 valence electrons. The van der Waals surface area contributed by atoms with Gasteiger partial charge >= 0.3 is 0 Å². The molecule has 48 heavy (non-hydrogen) atoms. The fourth-order valence-electron chi connectivity index (χ4n) is 7.14. The first-order valence-electron chi connectivity index (χ1n) is 16.6. The van der Waals surface area contributed by atoms with Crippen LogP contribution in [-0.4, -0.2) is 0 Å². The maximum absolute atomic E-state index is 2.36. The zero-order valence-electron chi connectivity index (χ0n) is 26.5. The molecule has 0 aromatic heterocycles. The normalized spacial score (nSPS) is 11.3. The second kappa shape index (κ2) is 11.8. The van der Waals surface area contributed by atoms with Crippen LogP contribution in [0.25, 0.3) is 88.0 Å². The molecule has 0 bridgehead atoms. The number of hydrogen-bond donors (Lipinski definition) is 0. The predicted molar refractivity (Wildman–Crippen MR) is 206 cm³/mol. The van der Waals surface area contributed by atoms with E-state index < -0.39 is 0 Å². The summed E-state index contributed by atoms with van der Waals surface area (Å²) in [6.45, 7) is 0. The lowest BCUT2D eigenvalue weighted by molar-refractivity contribution is 1.57. The van der Waals surface area contributed by atoms with Gasteiger partial charge in [-0.3, -0.25) is 0 Å². The Hall–Kier alpha value is -6.24. The Bertz CT molecular complexity index is 2520. The predicted octanol–water partition coefficient (Wildman–Crippen LogP) is 13.5. The highest BCUT2D eigenvalue weighted by molar-refractivity contribution is 6.10. The van der Waals surface area contributed by atoms with Crippen LogP contribution in [0.5, 0.6) is 0 Å². The summed E-state index contributed by atoms with van der Waals surface area (Å²) in [6, 6.07) is 70.8. The molecule has 0 radical (unpaired) electrons. The smallest absolute Gasteiger partial charge is 0.00988 e. The van der Waals surface area contributed by atoms with Crippen LogP contribution in [-0.2, 0) is 0 Å². The zero-order chi connectivity index (χ0) is 31.9. The van der Waals surface area contributed by atoms with Crippen molar-refractivity contribution in [3.8, 4) is 55.6 Å². The lowest BCUT2D eigenvalue weighted by atomic mass is 9.89. The third kappa shape index (κ3) is 5.14. The maximum Gasteiger partial charge on any atom is -0.00988 e. The van der Waals surface area contributed by atoms with Gasteiger partial charge in [-0.1, -0.05) is 152 Å². The van der Waals surface area contributed by atoms with Crippen LogP contribution in [0.3, 0.4) is 0 Å². The molecule has 0 aliphatic carbocycles. The van der Waals surface area contributed by atoms with Gasteiger partial charge in [0.05, 0.1) is 0 Å². The largest absolute Gasteiger partial charge is 0.0622 e. The van der Waals surface area contributed by atoms with Crippen molar-refractivity contribution >= 4 is 32.3 Å². The molecule has 0 heteroatoms. The highest BCUT2D eigenvalue weighted by Crippen LogP contribution is 2.39. The van der Waals surface area contributed by atoms with Gasteiger partial charge in [0.15, 0.2) is 0 Å². The van der Waals surface area contributed by atoms with Crippen LogP contribution >= 0.6 is 0 Å². The third-order valence-electron chi connectivity index (χ3n) is 9.60. The fourth-order valence-corrected chi connectivity index (χ4v) is 7.14. The fraction of sp³-hybridized carbons (Fsp3) is 0. The first kappa shape index (κ1) is 28.0. The summed E-state index contributed by atoms with van der Waals surface area (Å²) < 4.78 is 0. The Morgan fingerprint density at radius 1 is 0.188 bits per heavy atom. The van der Waals surface area contributed by atoms with Gasteiger partial charge in [-0.15, -0.1) is 0 Å². The van der Waals surface area contributed by atoms with Gasteiger partial charge in [-0.2, -0.15) is 0 Å². The molecule has 0 fully saturated rings. The van der Waals surface area contributed by atoms with E-state index in [4.69, 9.17) is 0 Å². The van der Waals surface area contributed by atoms with Crippen LogP contribution in [0.1, 0.15) is 0 Å². The molecule has 0 atom stereocenters. The highest BCUT2D eigenvalue weighted by Gasteiger charge is 2.13. The SMILES string of the molecule is c1ccc(-c2cc(-c3ccccc3)cc(-c3ccc4c(ccc5cc(-c6cc7ccccc7cc6-c6ccccc6)ccc54)c3)c2)cc1. The van der Waals surface area contributed by atoms with E-state index in [1.54, 1.807) is 0 Å². The Morgan fingerprint density at radius 3 is 1.10 bits per heavy atom. The van der Waals surface area contributed by atoms with Crippen LogP contribution in [0.4, 0.5) is 0 Å². The maximum atomic E-state index is 2.36. The van der Waals surface area contributed by atoms with Crippen molar-refractivity contribution < 1.29 is 0 Å². The molecule has 9 aromatic rings. The average Bonchev–Trinajstić information content (AvgIpc) is 3.17. The molecule has 0 aliphatic rings. The van der Waals surface area contributed by atoms with E-state index in [0.717, 1.165) is 0 Å². The average molecular weight is 609 g/mol. The van der Waals surface area contributed by atoms with Crippen molar-refractivity contribution in [3.63, 3.8) is 0 Å². The number of hydrogen-bond acceptors (Lipinski definition) is 0. The summed E-state index contributed by atoms with van der Waals surface area (Å²) in [7, 11) is 0. The summed E-state index contributed by atoms with van der Waals surface area (Å²) in [6.07, 6.45) is 0. The van der Waals surface area contributed by atoms with Gasteiger partial charge in [0.1, 0.15) is 0 Å². The second-order valence-electron chi connectivity index (χ2n) is 12.6. The first-order chi connectivity index (χ1) is 23.8. The van der Waals surface area contributed by atoms with E-state index in [9.17, 15) is 0 Å². The molecule has 0 heterocycles. The summed E-state index contributed by atoms with van der Waals surface area (Å²) in [4.78, 5) is 0. The van der Waals surface area contributed by atoms with Gasteiger partial charge in [-0.05, 0) is 130 Å². The van der Waals surface area contributed by atoms with E-state index >= 15 is 0 Å². The third-order valence-corrected chi connectivity index (χ3v) is 9.60. The van der Waals surface area contributed by atoms with Gasteiger partial charge in [0, 0.05) is 0 Å². The van der Waals surface area contributed by atoms with E-state index in [1.165, 1.54) is 88.0 Å². The van der Waals surface area contributed by atoms with Crippen molar-refractivity contribution in [2.75, 3.05) is 0 Å². The minimum Gasteiger partial charge on any atom is -0.0622 e. The molecule has 0 N–H and O–H groups in total. The summed E-state index contributed by atoms with van der Waals surface area (Å²) in [5, 5.41) is 7.55. The van der Waals surface area contributed by atoms with Crippen molar-refractivity contribution in [1.29, 1.82) is 0 Å². The Morgan fingerprint density at radius 2 is 0.583 bits per heavy atom. The van der Waals surface area contributed by atoms with Crippen molar-refractivity contribution in [2.45, 2.75) is 0 Å². The molecule has 0 spiro atoms. The van der Waals surface area contributed by atoms with Crippen molar-refractivity contribution in [1.82, 2.24) is 0 Å². The van der Waals surface area contributed by atoms with E-state index in [-0.39, 0.29) is 0 Å². The monoisotopic (exact) mass is 608 g/mol.